The second-order valence-corrected chi connectivity index (χ2v) is 7.49. The Morgan fingerprint density at radius 1 is 0.958 bits per heavy atom. The Morgan fingerprint density at radius 3 is 2.29 bits per heavy atom. The average molecular weight is 346 g/mol. The summed E-state index contributed by atoms with van der Waals surface area (Å²) in [6, 6.07) is 16.7. The smallest absolute Gasteiger partial charge is 0.240 e. The molecule has 0 bridgehead atoms. The van der Waals surface area contributed by atoms with E-state index in [1.54, 1.807) is 30.3 Å². The standard InChI is InChI=1S/C18H22N2O3S/c21-24(22,18-4-2-1-3-5-18)19-11-10-16-6-8-17(9-7-16)20-12-14-23-15-13-20/h1-9,19H,10-15H2. The third-order valence-electron chi connectivity index (χ3n) is 4.07. The first-order valence-electron chi connectivity index (χ1n) is 8.11. The van der Waals surface area contributed by atoms with Crippen molar-refractivity contribution in [3.05, 3.63) is 60.2 Å². The Bertz CT molecular complexity index is 740. The predicted octanol–water partition coefficient (Wildman–Crippen LogP) is 2.04. The molecule has 2 aromatic rings. The molecule has 0 spiro atoms. The van der Waals surface area contributed by atoms with Gasteiger partial charge in [0.15, 0.2) is 0 Å². The third-order valence-corrected chi connectivity index (χ3v) is 5.55. The van der Waals surface area contributed by atoms with Crippen molar-refractivity contribution in [3.63, 3.8) is 0 Å². The highest BCUT2D eigenvalue weighted by Gasteiger charge is 2.13. The van der Waals surface area contributed by atoms with Crippen LogP contribution in [0.1, 0.15) is 5.56 Å². The topological polar surface area (TPSA) is 58.6 Å². The van der Waals surface area contributed by atoms with Crippen molar-refractivity contribution in [1.82, 2.24) is 4.72 Å². The molecule has 0 unspecified atom stereocenters. The molecule has 1 aliphatic heterocycles. The number of hydrogen-bond donors (Lipinski definition) is 1. The monoisotopic (exact) mass is 346 g/mol. The van der Waals surface area contributed by atoms with Gasteiger partial charge in [0.2, 0.25) is 10.0 Å². The molecule has 0 atom stereocenters. The summed E-state index contributed by atoms with van der Waals surface area (Å²) in [6.07, 6.45) is 0.662. The van der Waals surface area contributed by atoms with Crippen molar-refractivity contribution in [2.45, 2.75) is 11.3 Å². The largest absolute Gasteiger partial charge is 0.378 e. The van der Waals surface area contributed by atoms with Gasteiger partial charge >= 0.3 is 0 Å². The number of sulfonamides is 1. The number of rotatable bonds is 6. The second-order valence-electron chi connectivity index (χ2n) is 5.73. The van der Waals surface area contributed by atoms with Crippen LogP contribution >= 0.6 is 0 Å². The Kier molecular flexibility index (Phi) is 5.50. The molecule has 0 radical (unpaired) electrons. The van der Waals surface area contributed by atoms with Crippen molar-refractivity contribution in [1.29, 1.82) is 0 Å². The van der Waals surface area contributed by atoms with E-state index >= 15 is 0 Å². The van der Waals surface area contributed by atoms with Crippen LogP contribution in [0, 0.1) is 0 Å². The van der Waals surface area contributed by atoms with Crippen LogP contribution in [0.5, 0.6) is 0 Å². The Morgan fingerprint density at radius 2 is 1.62 bits per heavy atom. The molecule has 2 aromatic carbocycles. The van der Waals surface area contributed by atoms with Crippen molar-refractivity contribution >= 4 is 15.7 Å². The fourth-order valence-corrected chi connectivity index (χ4v) is 3.76. The summed E-state index contributed by atoms with van der Waals surface area (Å²) in [5.41, 5.74) is 2.30. The van der Waals surface area contributed by atoms with Gasteiger partial charge in [0, 0.05) is 25.3 Å². The molecule has 128 valence electrons. The van der Waals surface area contributed by atoms with E-state index in [1.165, 1.54) is 5.69 Å². The Labute approximate surface area is 143 Å². The zero-order chi connectivity index (χ0) is 16.8. The van der Waals surface area contributed by atoms with E-state index in [9.17, 15) is 8.42 Å². The molecule has 0 saturated carbocycles. The highest BCUT2D eigenvalue weighted by Crippen LogP contribution is 2.17. The third kappa shape index (κ3) is 4.35. The van der Waals surface area contributed by atoms with E-state index in [4.69, 9.17) is 4.74 Å². The summed E-state index contributed by atoms with van der Waals surface area (Å²) in [5, 5.41) is 0. The van der Waals surface area contributed by atoms with Gasteiger partial charge < -0.3 is 9.64 Å². The van der Waals surface area contributed by atoms with Crippen LogP contribution in [-0.4, -0.2) is 41.3 Å². The Hall–Kier alpha value is -1.89. The first-order valence-corrected chi connectivity index (χ1v) is 9.60. The molecule has 1 N–H and O–H groups in total. The zero-order valence-corrected chi connectivity index (χ0v) is 14.3. The number of ether oxygens (including phenoxy) is 1. The van der Waals surface area contributed by atoms with Crippen LogP contribution in [0.2, 0.25) is 0 Å². The van der Waals surface area contributed by atoms with E-state index in [0.29, 0.717) is 17.9 Å². The van der Waals surface area contributed by atoms with E-state index in [2.05, 4.69) is 33.9 Å². The number of hydrogen-bond acceptors (Lipinski definition) is 4. The molecule has 0 aliphatic carbocycles. The van der Waals surface area contributed by atoms with E-state index < -0.39 is 10.0 Å². The summed E-state index contributed by atoms with van der Waals surface area (Å²) < 4.78 is 32.3. The lowest BCUT2D eigenvalue weighted by molar-refractivity contribution is 0.122. The molecule has 1 heterocycles. The zero-order valence-electron chi connectivity index (χ0n) is 13.5. The van der Waals surface area contributed by atoms with Crippen LogP contribution in [0.3, 0.4) is 0 Å². The molecule has 24 heavy (non-hydrogen) atoms. The summed E-state index contributed by atoms with van der Waals surface area (Å²) in [4.78, 5) is 2.60. The number of morpholine rings is 1. The van der Waals surface area contributed by atoms with Crippen molar-refractivity contribution in [2.24, 2.45) is 0 Å². The van der Waals surface area contributed by atoms with Crippen LogP contribution in [0.4, 0.5) is 5.69 Å². The number of anilines is 1. The maximum atomic E-state index is 12.2. The van der Waals surface area contributed by atoms with E-state index in [-0.39, 0.29) is 0 Å². The Balaban J connectivity index is 1.53. The minimum absolute atomic E-state index is 0.299. The molecule has 0 amide bonds. The van der Waals surface area contributed by atoms with Crippen LogP contribution in [0.25, 0.3) is 0 Å². The molecule has 0 aromatic heterocycles. The minimum atomic E-state index is -3.43. The molecule has 1 saturated heterocycles. The summed E-state index contributed by atoms with van der Waals surface area (Å²) in [6.45, 7) is 3.74. The molecular formula is C18H22N2O3S. The minimum Gasteiger partial charge on any atom is -0.378 e. The maximum Gasteiger partial charge on any atom is 0.240 e. The average Bonchev–Trinajstić information content (AvgIpc) is 2.64. The summed E-state index contributed by atoms with van der Waals surface area (Å²) >= 11 is 0. The predicted molar refractivity (Wildman–Crippen MR) is 94.8 cm³/mol. The fraction of sp³-hybridized carbons (Fsp3) is 0.333. The van der Waals surface area contributed by atoms with Gasteiger partial charge in [-0.3, -0.25) is 0 Å². The highest BCUT2D eigenvalue weighted by molar-refractivity contribution is 7.89. The van der Waals surface area contributed by atoms with Gasteiger partial charge in [0.25, 0.3) is 0 Å². The lowest BCUT2D eigenvalue weighted by atomic mass is 10.1. The number of benzene rings is 2. The van der Waals surface area contributed by atoms with Gasteiger partial charge in [0.05, 0.1) is 18.1 Å². The lowest BCUT2D eigenvalue weighted by Crippen LogP contribution is -2.36. The number of nitrogens with one attached hydrogen (secondary N) is 1. The van der Waals surface area contributed by atoms with Crippen LogP contribution in [-0.2, 0) is 21.2 Å². The highest BCUT2D eigenvalue weighted by atomic mass is 32.2. The molecule has 1 fully saturated rings. The van der Waals surface area contributed by atoms with Crippen LogP contribution in [0.15, 0.2) is 59.5 Å². The van der Waals surface area contributed by atoms with Gasteiger partial charge in [-0.2, -0.15) is 0 Å². The van der Waals surface area contributed by atoms with Gasteiger partial charge in [-0.25, -0.2) is 13.1 Å². The maximum absolute atomic E-state index is 12.2. The lowest BCUT2D eigenvalue weighted by Gasteiger charge is -2.28. The van der Waals surface area contributed by atoms with Crippen LogP contribution < -0.4 is 9.62 Å². The van der Waals surface area contributed by atoms with E-state index in [1.807, 2.05) is 0 Å². The number of nitrogens with zero attached hydrogens (tertiary/aromatic N) is 1. The molecule has 5 nitrogen and oxygen atoms in total. The van der Waals surface area contributed by atoms with Crippen molar-refractivity contribution in [2.75, 3.05) is 37.7 Å². The van der Waals surface area contributed by atoms with E-state index in [0.717, 1.165) is 31.9 Å². The first kappa shape index (κ1) is 17.0. The first-order chi connectivity index (χ1) is 11.6. The van der Waals surface area contributed by atoms with Gasteiger partial charge in [-0.05, 0) is 36.2 Å². The van der Waals surface area contributed by atoms with Gasteiger partial charge in [-0.1, -0.05) is 30.3 Å². The van der Waals surface area contributed by atoms with Crippen molar-refractivity contribution < 1.29 is 13.2 Å². The molecular weight excluding hydrogens is 324 g/mol. The molecule has 1 aliphatic rings. The normalized spacial score (nSPS) is 15.4. The van der Waals surface area contributed by atoms with Crippen molar-refractivity contribution in [3.8, 4) is 0 Å². The second kappa shape index (κ2) is 7.79. The SMILES string of the molecule is O=S(=O)(NCCc1ccc(N2CCOCC2)cc1)c1ccccc1. The fourth-order valence-electron chi connectivity index (χ4n) is 2.71. The van der Waals surface area contributed by atoms with Gasteiger partial charge in [-0.15, -0.1) is 0 Å². The summed E-state index contributed by atoms with van der Waals surface area (Å²) in [7, 11) is -3.43. The van der Waals surface area contributed by atoms with Gasteiger partial charge in [0.1, 0.15) is 0 Å². The molecule has 6 heteroatoms. The quantitative estimate of drug-likeness (QED) is 0.870. The molecule has 3 rings (SSSR count). The summed E-state index contributed by atoms with van der Waals surface area (Å²) in [5.74, 6) is 0.